The lowest BCUT2D eigenvalue weighted by Gasteiger charge is -2.28. The average Bonchev–Trinajstić information content (AvgIpc) is 3.33. The van der Waals surface area contributed by atoms with Gasteiger partial charge in [0.25, 0.3) is 0 Å². The molecule has 1 atom stereocenters. The van der Waals surface area contributed by atoms with Crippen molar-refractivity contribution in [2.75, 3.05) is 13.7 Å². The Morgan fingerprint density at radius 2 is 1.82 bits per heavy atom. The van der Waals surface area contributed by atoms with Crippen molar-refractivity contribution in [2.24, 2.45) is 5.92 Å². The van der Waals surface area contributed by atoms with E-state index in [0.717, 1.165) is 52.8 Å². The molecule has 39 heavy (non-hydrogen) atoms. The second-order valence-corrected chi connectivity index (χ2v) is 10.5. The molecule has 1 N–H and O–H groups in total. The van der Waals surface area contributed by atoms with E-state index in [2.05, 4.69) is 28.4 Å². The number of ether oxygens (including phenoxy) is 2. The molecule has 1 saturated carbocycles. The summed E-state index contributed by atoms with van der Waals surface area (Å²) < 4.78 is 36.8. The second-order valence-electron chi connectivity index (χ2n) is 10.5. The predicted octanol–water partition coefficient (Wildman–Crippen LogP) is 5.92. The van der Waals surface area contributed by atoms with Crippen molar-refractivity contribution in [1.29, 1.82) is 0 Å². The number of fused-ring (bicyclic) bond motifs is 3. The number of carbonyl (C=O) groups excluding carboxylic acids is 1. The quantitative estimate of drug-likeness (QED) is 0.399. The fourth-order valence-electron chi connectivity index (χ4n) is 6.09. The van der Waals surface area contributed by atoms with Crippen LogP contribution in [0.1, 0.15) is 67.1 Å². The minimum Gasteiger partial charge on any atom is -0.481 e. The fourth-order valence-corrected chi connectivity index (χ4v) is 6.09. The largest absolute Gasteiger partial charge is 0.481 e. The smallest absolute Gasteiger partial charge is 0.409 e. The van der Waals surface area contributed by atoms with E-state index in [1.807, 2.05) is 0 Å². The maximum atomic E-state index is 12.6. The highest BCUT2D eigenvalue weighted by molar-refractivity contribution is 5.82. The maximum absolute atomic E-state index is 12.6. The Balaban J connectivity index is 1.51. The standard InChI is InChI=1S/C29H33F2N3O5/c1-17(15-18-3-10-22(11-4-18)39-28(30)31)34-24-12-9-19-13-14-33(29(37)38-2)16-23(19)25(24)32-26(34)20-5-7-21(8-6-20)27(35)36/h3-4,9-12,17,20-21,28H,5-8,13-16H2,1-2H3,(H,35,36)/t17-,20?,21?/m0/s1. The van der Waals surface area contributed by atoms with Crippen molar-refractivity contribution in [1.82, 2.24) is 14.5 Å². The van der Waals surface area contributed by atoms with Crippen LogP contribution < -0.4 is 4.74 Å². The summed E-state index contributed by atoms with van der Waals surface area (Å²) in [5.74, 6) is 0.0985. The predicted molar refractivity (Wildman–Crippen MR) is 140 cm³/mol. The molecular formula is C29H33F2N3O5. The molecule has 1 aliphatic carbocycles. The lowest BCUT2D eigenvalue weighted by Crippen LogP contribution is -2.35. The van der Waals surface area contributed by atoms with Crippen molar-refractivity contribution in [2.45, 2.75) is 70.6 Å². The molecule has 5 rings (SSSR count). The number of imidazole rings is 1. The summed E-state index contributed by atoms with van der Waals surface area (Å²) in [7, 11) is 1.38. The number of carbonyl (C=O) groups is 2. The van der Waals surface area contributed by atoms with Gasteiger partial charge in [0, 0.05) is 24.1 Å². The van der Waals surface area contributed by atoms with Gasteiger partial charge in [0.1, 0.15) is 11.6 Å². The number of nitrogens with zero attached hydrogens (tertiary/aromatic N) is 3. The molecule has 2 aromatic carbocycles. The zero-order valence-corrected chi connectivity index (χ0v) is 22.1. The monoisotopic (exact) mass is 541 g/mol. The normalized spacial score (nSPS) is 20.1. The van der Waals surface area contributed by atoms with Gasteiger partial charge in [0.15, 0.2) is 0 Å². The van der Waals surface area contributed by atoms with Gasteiger partial charge in [-0.3, -0.25) is 4.79 Å². The highest BCUT2D eigenvalue weighted by Gasteiger charge is 2.32. The molecular weight excluding hydrogens is 508 g/mol. The number of aromatic nitrogens is 2. The van der Waals surface area contributed by atoms with Crippen LogP contribution in [0.4, 0.5) is 13.6 Å². The van der Waals surface area contributed by atoms with E-state index in [-0.39, 0.29) is 29.7 Å². The van der Waals surface area contributed by atoms with Gasteiger partial charge in [-0.25, -0.2) is 9.78 Å². The minimum atomic E-state index is -2.87. The van der Waals surface area contributed by atoms with E-state index in [0.29, 0.717) is 32.4 Å². The Kier molecular flexibility index (Phi) is 7.72. The first-order chi connectivity index (χ1) is 18.7. The summed E-state index contributed by atoms with van der Waals surface area (Å²) in [6, 6.07) is 10.9. The molecule has 0 bridgehead atoms. The highest BCUT2D eigenvalue weighted by atomic mass is 19.3. The number of benzene rings is 2. The van der Waals surface area contributed by atoms with Crippen LogP contribution in [0.5, 0.6) is 5.75 Å². The molecule has 1 aromatic heterocycles. The van der Waals surface area contributed by atoms with Crippen LogP contribution >= 0.6 is 0 Å². The molecule has 8 nitrogen and oxygen atoms in total. The van der Waals surface area contributed by atoms with Crippen molar-refractivity contribution in [3.05, 3.63) is 58.9 Å². The summed E-state index contributed by atoms with van der Waals surface area (Å²) in [6.07, 6.45) is 3.69. The van der Waals surface area contributed by atoms with Crippen LogP contribution in [-0.4, -0.2) is 51.9 Å². The number of hydrogen-bond acceptors (Lipinski definition) is 5. The van der Waals surface area contributed by atoms with Gasteiger partial charge >= 0.3 is 18.7 Å². The van der Waals surface area contributed by atoms with Gasteiger partial charge in [-0.05, 0) is 74.8 Å². The molecule has 208 valence electrons. The average molecular weight is 542 g/mol. The van der Waals surface area contributed by atoms with Crippen LogP contribution in [0.3, 0.4) is 0 Å². The lowest BCUT2D eigenvalue weighted by molar-refractivity contribution is -0.142. The van der Waals surface area contributed by atoms with Crippen LogP contribution in [-0.2, 0) is 28.9 Å². The third kappa shape index (κ3) is 5.55. The van der Waals surface area contributed by atoms with Gasteiger partial charge in [-0.15, -0.1) is 0 Å². The van der Waals surface area contributed by atoms with Gasteiger partial charge in [-0.2, -0.15) is 8.78 Å². The molecule has 0 spiro atoms. The number of aliphatic carboxylic acids is 1. The Bertz CT molecular complexity index is 1350. The third-order valence-corrected chi connectivity index (χ3v) is 8.09. The molecule has 2 heterocycles. The zero-order chi connectivity index (χ0) is 27.7. The van der Waals surface area contributed by atoms with Gasteiger partial charge in [0.2, 0.25) is 0 Å². The number of hydrogen-bond donors (Lipinski definition) is 1. The number of carboxylic acid groups (broad SMARTS) is 1. The zero-order valence-electron chi connectivity index (χ0n) is 22.1. The molecule has 1 amide bonds. The Labute approximate surface area is 225 Å². The first-order valence-electron chi connectivity index (χ1n) is 13.4. The second kappa shape index (κ2) is 11.2. The lowest BCUT2D eigenvalue weighted by atomic mass is 9.81. The van der Waals surface area contributed by atoms with Crippen molar-refractivity contribution in [3.63, 3.8) is 0 Å². The molecule has 0 saturated heterocycles. The summed E-state index contributed by atoms with van der Waals surface area (Å²) in [5, 5.41) is 9.49. The Morgan fingerprint density at radius 3 is 2.46 bits per heavy atom. The molecule has 1 fully saturated rings. The number of carboxylic acids is 1. The Morgan fingerprint density at radius 1 is 1.10 bits per heavy atom. The minimum absolute atomic E-state index is 0.0117. The van der Waals surface area contributed by atoms with E-state index in [4.69, 9.17) is 9.72 Å². The van der Waals surface area contributed by atoms with Crippen molar-refractivity contribution >= 4 is 23.1 Å². The fraction of sp³-hybridized carbons (Fsp3) is 0.483. The number of methoxy groups -OCH3 is 1. The van der Waals surface area contributed by atoms with Crippen molar-refractivity contribution < 1.29 is 33.0 Å². The molecule has 2 aliphatic rings. The van der Waals surface area contributed by atoms with E-state index in [1.165, 1.54) is 7.11 Å². The number of rotatable bonds is 7. The first kappa shape index (κ1) is 26.9. The summed E-state index contributed by atoms with van der Waals surface area (Å²) >= 11 is 0. The molecule has 0 unspecified atom stereocenters. The van der Waals surface area contributed by atoms with E-state index in [9.17, 15) is 23.5 Å². The first-order valence-corrected chi connectivity index (χ1v) is 13.4. The van der Waals surface area contributed by atoms with Crippen LogP contribution in [0.2, 0.25) is 0 Å². The topological polar surface area (TPSA) is 93.9 Å². The number of alkyl halides is 2. The van der Waals surface area contributed by atoms with Crippen LogP contribution in [0, 0.1) is 5.92 Å². The molecule has 0 radical (unpaired) electrons. The third-order valence-electron chi connectivity index (χ3n) is 8.09. The SMILES string of the molecule is COC(=O)N1CCc2ccc3c(nc(C4CCC(C(=O)O)CC4)n3[C@@H](C)Cc3ccc(OC(F)F)cc3)c2C1. The van der Waals surface area contributed by atoms with E-state index < -0.39 is 12.6 Å². The molecule has 3 aromatic rings. The maximum Gasteiger partial charge on any atom is 0.409 e. The van der Waals surface area contributed by atoms with Crippen LogP contribution in [0.25, 0.3) is 11.0 Å². The van der Waals surface area contributed by atoms with Gasteiger partial charge < -0.3 is 24.0 Å². The Hall–Kier alpha value is -3.69. The summed E-state index contributed by atoms with van der Waals surface area (Å²) in [4.78, 5) is 30.7. The highest BCUT2D eigenvalue weighted by Crippen LogP contribution is 2.40. The number of amides is 1. The van der Waals surface area contributed by atoms with Crippen LogP contribution in [0.15, 0.2) is 36.4 Å². The van der Waals surface area contributed by atoms with Crippen molar-refractivity contribution in [3.8, 4) is 5.75 Å². The summed E-state index contributed by atoms with van der Waals surface area (Å²) in [6.45, 7) is 0.241. The molecule has 10 heteroatoms. The van der Waals surface area contributed by atoms with Gasteiger partial charge in [-0.1, -0.05) is 18.2 Å². The molecule has 1 aliphatic heterocycles. The van der Waals surface area contributed by atoms with E-state index in [1.54, 1.807) is 29.2 Å². The van der Waals surface area contributed by atoms with Gasteiger partial charge in [0.05, 0.1) is 30.6 Å². The van der Waals surface area contributed by atoms with E-state index >= 15 is 0 Å². The number of halogens is 2. The summed E-state index contributed by atoms with van der Waals surface area (Å²) in [5.41, 5.74) is 4.99.